The Bertz CT molecular complexity index is 897. The maximum absolute atomic E-state index is 13.0. The highest BCUT2D eigenvalue weighted by Crippen LogP contribution is 2.24. The number of ketones is 1. The van der Waals surface area contributed by atoms with Crippen LogP contribution in [0.1, 0.15) is 45.7 Å². The summed E-state index contributed by atoms with van der Waals surface area (Å²) in [4.78, 5) is 17.3. The zero-order valence-corrected chi connectivity index (χ0v) is 13.6. The number of aryl methyl sites for hydroxylation is 2. The summed E-state index contributed by atoms with van der Waals surface area (Å²) in [6.45, 7) is 5.83. The maximum Gasteiger partial charge on any atom is 0.193 e. The molecule has 0 fully saturated rings. The summed E-state index contributed by atoms with van der Waals surface area (Å²) < 4.78 is 0. The summed E-state index contributed by atoms with van der Waals surface area (Å²) in [5.74, 6) is 0.0370. The molecule has 0 saturated carbocycles. The second-order valence-corrected chi connectivity index (χ2v) is 6.04. The fourth-order valence-electron chi connectivity index (χ4n) is 2.84. The van der Waals surface area contributed by atoms with Gasteiger partial charge in [-0.15, -0.1) is 0 Å². The van der Waals surface area contributed by atoms with E-state index in [1.54, 1.807) is 0 Å². The topological polar surface area (TPSA) is 56.0 Å². The SMILES string of the molecule is Cc1cc2c(C(=O)c3ccc([C@@H](C)N)cc3C)cccc2cn1. The predicted molar refractivity (Wildman–Crippen MR) is 93.7 cm³/mol. The van der Waals surface area contributed by atoms with Crippen LogP contribution in [0.5, 0.6) is 0 Å². The minimum atomic E-state index is -0.0378. The molecule has 3 rings (SSSR count). The molecule has 116 valence electrons. The van der Waals surface area contributed by atoms with Gasteiger partial charge in [-0.25, -0.2) is 0 Å². The van der Waals surface area contributed by atoms with Gasteiger partial charge in [0, 0.05) is 34.4 Å². The lowest BCUT2D eigenvalue weighted by molar-refractivity contribution is 0.103. The molecule has 0 bridgehead atoms. The van der Waals surface area contributed by atoms with E-state index >= 15 is 0 Å². The van der Waals surface area contributed by atoms with Crippen molar-refractivity contribution in [3.05, 3.63) is 76.6 Å². The van der Waals surface area contributed by atoms with E-state index in [-0.39, 0.29) is 11.8 Å². The third-order valence-electron chi connectivity index (χ3n) is 4.17. The number of benzene rings is 2. The van der Waals surface area contributed by atoms with Gasteiger partial charge in [-0.2, -0.15) is 0 Å². The van der Waals surface area contributed by atoms with Gasteiger partial charge in [0.05, 0.1) is 0 Å². The van der Waals surface area contributed by atoms with E-state index < -0.39 is 0 Å². The average molecular weight is 304 g/mol. The monoisotopic (exact) mass is 304 g/mol. The summed E-state index contributed by atoms with van der Waals surface area (Å²) in [6.07, 6.45) is 1.81. The largest absolute Gasteiger partial charge is 0.324 e. The van der Waals surface area contributed by atoms with Crippen LogP contribution in [-0.2, 0) is 0 Å². The minimum absolute atomic E-state index is 0.0370. The number of nitrogens with two attached hydrogens (primary N) is 1. The van der Waals surface area contributed by atoms with Crippen LogP contribution >= 0.6 is 0 Å². The highest BCUT2D eigenvalue weighted by Gasteiger charge is 2.15. The lowest BCUT2D eigenvalue weighted by Crippen LogP contribution is -2.09. The molecule has 0 aliphatic rings. The summed E-state index contributed by atoms with van der Waals surface area (Å²) >= 11 is 0. The zero-order chi connectivity index (χ0) is 16.6. The van der Waals surface area contributed by atoms with E-state index in [0.717, 1.165) is 33.2 Å². The van der Waals surface area contributed by atoms with E-state index in [2.05, 4.69) is 4.98 Å². The molecule has 0 aliphatic heterocycles. The minimum Gasteiger partial charge on any atom is -0.324 e. The standard InChI is InChI=1S/C20H20N2O/c1-12-9-15(14(3)21)7-8-17(12)20(23)18-6-4-5-16-11-22-13(2)10-19(16)18/h4-11,14H,21H2,1-3H3/t14-/m1/s1. The first-order chi connectivity index (χ1) is 11.0. The van der Waals surface area contributed by atoms with Crippen LogP contribution in [0, 0.1) is 13.8 Å². The number of nitrogens with zero attached hydrogens (tertiary/aromatic N) is 1. The number of hydrogen-bond donors (Lipinski definition) is 1. The van der Waals surface area contributed by atoms with Gasteiger partial charge >= 0.3 is 0 Å². The molecule has 0 spiro atoms. The van der Waals surface area contributed by atoms with E-state index in [1.165, 1.54) is 0 Å². The van der Waals surface area contributed by atoms with Crippen molar-refractivity contribution in [2.75, 3.05) is 0 Å². The Morgan fingerprint density at radius 3 is 2.57 bits per heavy atom. The summed E-state index contributed by atoms with van der Waals surface area (Å²) in [7, 11) is 0. The summed E-state index contributed by atoms with van der Waals surface area (Å²) in [5, 5.41) is 1.92. The first kappa shape index (κ1) is 15.4. The van der Waals surface area contributed by atoms with Crippen LogP contribution in [0.4, 0.5) is 0 Å². The van der Waals surface area contributed by atoms with Crippen LogP contribution in [0.3, 0.4) is 0 Å². The molecular formula is C20H20N2O. The Labute approximate surface area is 136 Å². The quantitative estimate of drug-likeness (QED) is 0.741. The Morgan fingerprint density at radius 1 is 1.09 bits per heavy atom. The van der Waals surface area contributed by atoms with Crippen molar-refractivity contribution in [1.82, 2.24) is 4.98 Å². The molecular weight excluding hydrogens is 284 g/mol. The number of pyridine rings is 1. The molecule has 0 unspecified atom stereocenters. The van der Waals surface area contributed by atoms with Crippen molar-refractivity contribution in [3.8, 4) is 0 Å². The third kappa shape index (κ3) is 2.88. The van der Waals surface area contributed by atoms with Gasteiger partial charge in [-0.1, -0.05) is 36.4 Å². The lowest BCUT2D eigenvalue weighted by atomic mass is 9.93. The molecule has 1 heterocycles. The Balaban J connectivity index is 2.12. The van der Waals surface area contributed by atoms with Crippen LogP contribution in [0.15, 0.2) is 48.7 Å². The number of fused-ring (bicyclic) bond motifs is 1. The van der Waals surface area contributed by atoms with Crippen molar-refractivity contribution in [2.45, 2.75) is 26.8 Å². The molecule has 0 amide bonds. The van der Waals surface area contributed by atoms with Crippen LogP contribution in [0.2, 0.25) is 0 Å². The average Bonchev–Trinajstić information content (AvgIpc) is 2.53. The number of carbonyl (C=O) groups is 1. The summed E-state index contributed by atoms with van der Waals surface area (Å²) in [5.41, 5.74) is 10.2. The first-order valence-electron chi connectivity index (χ1n) is 7.73. The molecule has 23 heavy (non-hydrogen) atoms. The van der Waals surface area contributed by atoms with E-state index in [4.69, 9.17) is 5.73 Å². The molecule has 1 aromatic heterocycles. The van der Waals surface area contributed by atoms with Gasteiger partial charge in [-0.05, 0) is 43.4 Å². The van der Waals surface area contributed by atoms with Gasteiger partial charge in [-0.3, -0.25) is 9.78 Å². The molecule has 3 heteroatoms. The van der Waals surface area contributed by atoms with Crippen molar-refractivity contribution in [2.24, 2.45) is 5.73 Å². The molecule has 2 N–H and O–H groups in total. The van der Waals surface area contributed by atoms with Crippen molar-refractivity contribution >= 4 is 16.6 Å². The highest BCUT2D eigenvalue weighted by molar-refractivity contribution is 6.17. The third-order valence-corrected chi connectivity index (χ3v) is 4.17. The Kier molecular flexibility index (Phi) is 3.97. The van der Waals surface area contributed by atoms with Gasteiger partial charge in [0.2, 0.25) is 0 Å². The predicted octanol–water partition coefficient (Wildman–Crippen LogP) is 4.10. The maximum atomic E-state index is 13.0. The van der Waals surface area contributed by atoms with E-state index in [0.29, 0.717) is 5.56 Å². The Morgan fingerprint density at radius 2 is 1.87 bits per heavy atom. The van der Waals surface area contributed by atoms with Gasteiger partial charge in [0.1, 0.15) is 0 Å². The molecule has 3 aromatic rings. The van der Waals surface area contributed by atoms with Gasteiger partial charge in [0.25, 0.3) is 0 Å². The first-order valence-corrected chi connectivity index (χ1v) is 7.73. The van der Waals surface area contributed by atoms with Crippen LogP contribution < -0.4 is 5.73 Å². The zero-order valence-electron chi connectivity index (χ0n) is 13.6. The van der Waals surface area contributed by atoms with Crippen LogP contribution in [-0.4, -0.2) is 10.8 Å². The van der Waals surface area contributed by atoms with Gasteiger partial charge < -0.3 is 5.73 Å². The molecule has 0 saturated heterocycles. The van der Waals surface area contributed by atoms with Crippen LogP contribution in [0.25, 0.3) is 10.8 Å². The molecule has 3 nitrogen and oxygen atoms in total. The normalized spacial score (nSPS) is 12.3. The number of carbonyl (C=O) groups excluding carboxylic acids is 1. The highest BCUT2D eigenvalue weighted by atomic mass is 16.1. The molecule has 0 aliphatic carbocycles. The van der Waals surface area contributed by atoms with E-state index in [9.17, 15) is 4.79 Å². The number of rotatable bonds is 3. The number of aromatic nitrogens is 1. The fourth-order valence-corrected chi connectivity index (χ4v) is 2.84. The van der Waals surface area contributed by atoms with Crippen molar-refractivity contribution in [1.29, 1.82) is 0 Å². The van der Waals surface area contributed by atoms with Crippen molar-refractivity contribution < 1.29 is 4.79 Å². The fraction of sp³-hybridized carbons (Fsp3) is 0.200. The van der Waals surface area contributed by atoms with Gasteiger partial charge in [0.15, 0.2) is 5.78 Å². The van der Waals surface area contributed by atoms with Crippen molar-refractivity contribution in [3.63, 3.8) is 0 Å². The smallest absolute Gasteiger partial charge is 0.193 e. The second-order valence-electron chi connectivity index (χ2n) is 6.04. The van der Waals surface area contributed by atoms with E-state index in [1.807, 2.05) is 69.4 Å². The molecule has 1 atom stereocenters. The molecule has 2 aromatic carbocycles. The Hall–Kier alpha value is -2.52. The lowest BCUT2D eigenvalue weighted by Gasteiger charge is -2.12. The summed E-state index contributed by atoms with van der Waals surface area (Å²) in [6, 6.07) is 13.5. The number of hydrogen-bond acceptors (Lipinski definition) is 3. The molecule has 0 radical (unpaired) electrons. The second kappa shape index (κ2) is 5.94.